The predicted octanol–water partition coefficient (Wildman–Crippen LogP) is 6.20. The summed E-state index contributed by atoms with van der Waals surface area (Å²) in [5, 5.41) is 1.34. The van der Waals surface area contributed by atoms with Gasteiger partial charge in [0.15, 0.2) is 11.5 Å². The van der Waals surface area contributed by atoms with Crippen molar-refractivity contribution in [2.24, 2.45) is 0 Å². The summed E-state index contributed by atoms with van der Waals surface area (Å²) in [5.74, 6) is 1.40. The first-order valence-electron chi connectivity index (χ1n) is 10.9. The molecule has 184 valence electrons. The van der Waals surface area contributed by atoms with Crippen molar-refractivity contribution in [1.82, 2.24) is 10.4 Å². The van der Waals surface area contributed by atoms with E-state index in [0.29, 0.717) is 33.9 Å². The summed E-state index contributed by atoms with van der Waals surface area (Å²) in [7, 11) is 3.05. The summed E-state index contributed by atoms with van der Waals surface area (Å²) in [4.78, 5) is 26.0. The molecule has 10 heteroatoms. The maximum atomic E-state index is 13.2. The number of thiophene rings is 1. The van der Waals surface area contributed by atoms with Gasteiger partial charge in [-0.3, -0.25) is 15.0 Å². The standard InChI is InChI=1S/C26H20Cl2N2O5S/c1-33-18-10-8-14(12-19(18)34-2)23-22(28)26(32)30(23)29-25(31)24-21(27)17-13-16(9-11-20(17)36-24)35-15-6-4-3-5-7-15/h3-13,22-23H,1-2H3,(H,29,31). The van der Waals surface area contributed by atoms with Gasteiger partial charge < -0.3 is 14.2 Å². The van der Waals surface area contributed by atoms with Gasteiger partial charge in [-0.1, -0.05) is 35.9 Å². The van der Waals surface area contributed by atoms with Crippen LogP contribution in [0.5, 0.6) is 23.0 Å². The number of ether oxygens (including phenoxy) is 3. The molecule has 0 bridgehead atoms. The van der Waals surface area contributed by atoms with Gasteiger partial charge >= 0.3 is 0 Å². The number of nitrogens with zero attached hydrogens (tertiary/aromatic N) is 1. The molecule has 1 fully saturated rings. The van der Waals surface area contributed by atoms with Crippen LogP contribution in [0.25, 0.3) is 10.1 Å². The van der Waals surface area contributed by atoms with E-state index in [9.17, 15) is 9.59 Å². The molecule has 0 spiro atoms. The SMILES string of the molecule is COc1ccc(C2C(Cl)C(=O)N2NC(=O)c2sc3ccc(Oc4ccccc4)cc3c2Cl)cc1OC. The third-order valence-electron chi connectivity index (χ3n) is 5.78. The summed E-state index contributed by atoms with van der Waals surface area (Å²) in [6, 6.07) is 19.4. The van der Waals surface area contributed by atoms with Crippen LogP contribution in [0.2, 0.25) is 5.02 Å². The van der Waals surface area contributed by atoms with E-state index in [1.54, 1.807) is 24.3 Å². The van der Waals surface area contributed by atoms with E-state index in [1.165, 1.54) is 30.6 Å². The fraction of sp³-hybridized carbons (Fsp3) is 0.154. The Bertz CT molecular complexity index is 1460. The van der Waals surface area contributed by atoms with Crippen LogP contribution in [-0.4, -0.2) is 36.4 Å². The first kappa shape index (κ1) is 24.2. The van der Waals surface area contributed by atoms with Gasteiger partial charge in [0.2, 0.25) is 0 Å². The number of carbonyl (C=O) groups is 2. The Morgan fingerprint density at radius 2 is 1.72 bits per heavy atom. The quantitative estimate of drug-likeness (QED) is 0.222. The Kier molecular flexibility index (Phi) is 6.66. The molecule has 0 aliphatic carbocycles. The monoisotopic (exact) mass is 542 g/mol. The average molecular weight is 543 g/mol. The molecule has 2 atom stereocenters. The van der Waals surface area contributed by atoms with Gasteiger partial charge in [0.25, 0.3) is 11.8 Å². The molecule has 2 heterocycles. The van der Waals surface area contributed by atoms with Gasteiger partial charge in [-0.15, -0.1) is 22.9 Å². The topological polar surface area (TPSA) is 77.1 Å². The highest BCUT2D eigenvalue weighted by atomic mass is 35.5. The number of halogens is 2. The lowest BCUT2D eigenvalue weighted by molar-refractivity contribution is -0.149. The van der Waals surface area contributed by atoms with Crippen LogP contribution < -0.4 is 19.6 Å². The van der Waals surface area contributed by atoms with Gasteiger partial charge in [-0.25, -0.2) is 5.01 Å². The number of alkyl halides is 1. The van der Waals surface area contributed by atoms with Gasteiger partial charge in [0.05, 0.1) is 19.2 Å². The van der Waals surface area contributed by atoms with Gasteiger partial charge in [-0.05, 0) is 48.0 Å². The normalized spacial score (nSPS) is 17.0. The number of amides is 2. The van der Waals surface area contributed by atoms with E-state index in [2.05, 4.69) is 5.43 Å². The highest BCUT2D eigenvalue weighted by Gasteiger charge is 2.48. The van der Waals surface area contributed by atoms with Crippen LogP contribution in [0.3, 0.4) is 0 Å². The predicted molar refractivity (Wildman–Crippen MR) is 140 cm³/mol. The lowest BCUT2D eigenvalue weighted by Gasteiger charge is -2.43. The third-order valence-corrected chi connectivity index (χ3v) is 7.88. The summed E-state index contributed by atoms with van der Waals surface area (Å²) in [6.45, 7) is 0. The molecule has 0 radical (unpaired) electrons. The Morgan fingerprint density at radius 1 is 0.972 bits per heavy atom. The van der Waals surface area contributed by atoms with Crippen molar-refractivity contribution in [3.05, 3.63) is 82.2 Å². The second-order valence-corrected chi connectivity index (χ2v) is 9.83. The van der Waals surface area contributed by atoms with Crippen LogP contribution in [0.1, 0.15) is 21.3 Å². The molecule has 1 saturated heterocycles. The molecule has 5 rings (SSSR count). The van der Waals surface area contributed by atoms with Crippen molar-refractivity contribution in [2.45, 2.75) is 11.4 Å². The second-order valence-electron chi connectivity index (χ2n) is 7.93. The molecule has 1 aliphatic rings. The Hall–Kier alpha value is -3.46. The minimum Gasteiger partial charge on any atom is -0.493 e. The molecule has 1 aromatic heterocycles. The first-order chi connectivity index (χ1) is 17.4. The van der Waals surface area contributed by atoms with Crippen molar-refractivity contribution in [2.75, 3.05) is 14.2 Å². The number of hydrazine groups is 1. The molecule has 36 heavy (non-hydrogen) atoms. The van der Waals surface area contributed by atoms with E-state index in [4.69, 9.17) is 37.4 Å². The fourth-order valence-corrected chi connectivity index (χ4v) is 5.72. The van der Waals surface area contributed by atoms with E-state index in [1.807, 2.05) is 42.5 Å². The number of rotatable bonds is 7. The first-order valence-corrected chi connectivity index (χ1v) is 12.5. The molecule has 1 aliphatic heterocycles. The number of carbonyl (C=O) groups excluding carboxylic acids is 2. The number of benzene rings is 3. The van der Waals surface area contributed by atoms with Crippen molar-refractivity contribution in [3.63, 3.8) is 0 Å². The number of hydrogen-bond acceptors (Lipinski definition) is 6. The number of methoxy groups -OCH3 is 2. The van der Waals surface area contributed by atoms with Gasteiger partial charge in [0.1, 0.15) is 27.8 Å². The number of nitrogens with one attached hydrogen (secondary N) is 1. The number of fused-ring (bicyclic) bond motifs is 1. The lowest BCUT2D eigenvalue weighted by Crippen LogP contribution is -2.63. The van der Waals surface area contributed by atoms with E-state index in [-0.39, 0.29) is 9.90 Å². The van der Waals surface area contributed by atoms with Crippen molar-refractivity contribution >= 4 is 56.4 Å². The molecule has 3 aromatic carbocycles. The second kappa shape index (κ2) is 9.89. The van der Waals surface area contributed by atoms with E-state index < -0.39 is 23.2 Å². The highest BCUT2D eigenvalue weighted by Crippen LogP contribution is 2.42. The maximum absolute atomic E-state index is 13.2. The van der Waals surface area contributed by atoms with Crippen molar-refractivity contribution < 1.29 is 23.8 Å². The van der Waals surface area contributed by atoms with Crippen LogP contribution in [0.4, 0.5) is 0 Å². The largest absolute Gasteiger partial charge is 0.493 e. The molecular weight excluding hydrogens is 523 g/mol. The summed E-state index contributed by atoms with van der Waals surface area (Å²) >= 11 is 14.1. The highest BCUT2D eigenvalue weighted by molar-refractivity contribution is 7.21. The Balaban J connectivity index is 1.38. The molecule has 2 unspecified atom stereocenters. The summed E-state index contributed by atoms with van der Waals surface area (Å²) < 4.78 is 17.3. The Morgan fingerprint density at radius 3 is 2.44 bits per heavy atom. The van der Waals surface area contributed by atoms with E-state index in [0.717, 1.165) is 4.70 Å². The zero-order chi connectivity index (χ0) is 25.4. The van der Waals surface area contributed by atoms with Crippen molar-refractivity contribution in [1.29, 1.82) is 0 Å². The minimum atomic E-state index is -0.834. The zero-order valence-electron chi connectivity index (χ0n) is 19.2. The summed E-state index contributed by atoms with van der Waals surface area (Å²) in [5.41, 5.74) is 3.36. The van der Waals surface area contributed by atoms with Crippen LogP contribution in [-0.2, 0) is 4.79 Å². The van der Waals surface area contributed by atoms with Gasteiger partial charge in [0, 0.05) is 10.1 Å². The van der Waals surface area contributed by atoms with Gasteiger partial charge in [-0.2, -0.15) is 0 Å². The number of β-lactam (4-membered cyclic amide) rings is 1. The molecule has 2 amide bonds. The molecule has 1 N–H and O–H groups in total. The summed E-state index contributed by atoms with van der Waals surface area (Å²) in [6.07, 6.45) is 0. The number of hydrogen-bond donors (Lipinski definition) is 1. The molecular formula is C26H20Cl2N2O5S. The molecule has 0 saturated carbocycles. The fourth-order valence-electron chi connectivity index (χ4n) is 3.97. The zero-order valence-corrected chi connectivity index (χ0v) is 21.5. The third kappa shape index (κ3) is 4.32. The van der Waals surface area contributed by atoms with Crippen LogP contribution in [0.15, 0.2) is 66.7 Å². The average Bonchev–Trinajstić information content (AvgIpc) is 3.24. The molecule has 7 nitrogen and oxygen atoms in total. The van der Waals surface area contributed by atoms with E-state index >= 15 is 0 Å². The minimum absolute atomic E-state index is 0.278. The molecule has 4 aromatic rings. The lowest BCUT2D eigenvalue weighted by atomic mass is 9.95. The number of para-hydroxylation sites is 1. The smallest absolute Gasteiger partial charge is 0.281 e. The van der Waals surface area contributed by atoms with Crippen molar-refractivity contribution in [3.8, 4) is 23.0 Å². The maximum Gasteiger partial charge on any atom is 0.281 e. The Labute approximate surface area is 221 Å². The van der Waals surface area contributed by atoms with Crippen LogP contribution in [0, 0.1) is 0 Å². The van der Waals surface area contributed by atoms with Crippen LogP contribution >= 0.6 is 34.5 Å².